The fourth-order valence-electron chi connectivity index (χ4n) is 4.33. The lowest BCUT2D eigenvalue weighted by Gasteiger charge is -2.26. The maximum atomic E-state index is 12.5. The molecule has 0 spiro atoms. The lowest BCUT2D eigenvalue weighted by molar-refractivity contribution is 0.204. The van der Waals surface area contributed by atoms with Gasteiger partial charge in [0.2, 0.25) is 21.8 Å². The van der Waals surface area contributed by atoms with Crippen molar-refractivity contribution in [2.75, 3.05) is 49.3 Å². The first-order valence-electron chi connectivity index (χ1n) is 12.6. The Bertz CT molecular complexity index is 1430. The number of pyridine rings is 1. The molecule has 10 nitrogen and oxygen atoms in total. The number of rotatable bonds is 12. The summed E-state index contributed by atoms with van der Waals surface area (Å²) in [5, 5.41) is 9.13. The summed E-state index contributed by atoms with van der Waals surface area (Å²) in [5.41, 5.74) is 6.87. The number of halogens is 2. The highest BCUT2D eigenvalue weighted by molar-refractivity contribution is 7.92. The van der Waals surface area contributed by atoms with Crippen molar-refractivity contribution in [2.24, 2.45) is 17.6 Å². The van der Waals surface area contributed by atoms with Crippen molar-refractivity contribution in [2.45, 2.75) is 32.2 Å². The first-order valence-corrected chi connectivity index (χ1v) is 15.2. The van der Waals surface area contributed by atoms with Crippen LogP contribution in [-0.4, -0.2) is 63.7 Å². The molecule has 212 valence electrons. The third-order valence-electron chi connectivity index (χ3n) is 6.95. The minimum atomic E-state index is -3.67. The van der Waals surface area contributed by atoms with E-state index in [0.29, 0.717) is 47.8 Å². The number of benzene rings is 1. The standard InChI is InChI=1S/C26H34Cl2N6O4S/c1-16-11-18(16)15-34(9-10-37-4)21-13-20(22(28)23(30-21)33(3)39(5,35)36)24-31-32-25(38-24)26(2,29)14-17-7-6-8-19(27)12-17/h6-8,12-13,16,18H,9-11,14-15,29H2,1-5H3/t16-,18+,26+/m0/s1. The first-order chi connectivity index (χ1) is 18.3. The van der Waals surface area contributed by atoms with Gasteiger partial charge in [-0.05, 0) is 55.4 Å². The third-order valence-corrected chi connectivity index (χ3v) is 8.72. The highest BCUT2D eigenvalue weighted by Crippen LogP contribution is 2.41. The molecule has 0 radical (unpaired) electrons. The molecule has 1 aromatic carbocycles. The van der Waals surface area contributed by atoms with Crippen LogP contribution in [0.5, 0.6) is 0 Å². The zero-order chi connectivity index (χ0) is 28.5. The van der Waals surface area contributed by atoms with Crippen molar-refractivity contribution in [1.82, 2.24) is 15.2 Å². The molecule has 1 aliphatic rings. The molecule has 1 saturated carbocycles. The number of sulfonamides is 1. The summed E-state index contributed by atoms with van der Waals surface area (Å²) in [6.07, 6.45) is 2.61. The zero-order valence-corrected chi connectivity index (χ0v) is 25.0. The number of hydrogen-bond donors (Lipinski definition) is 1. The molecule has 3 atom stereocenters. The van der Waals surface area contributed by atoms with Crippen LogP contribution in [0.25, 0.3) is 11.5 Å². The monoisotopic (exact) mass is 596 g/mol. The van der Waals surface area contributed by atoms with Gasteiger partial charge in [0.1, 0.15) is 5.82 Å². The molecule has 13 heteroatoms. The zero-order valence-electron chi connectivity index (χ0n) is 22.7. The highest BCUT2D eigenvalue weighted by atomic mass is 35.5. The SMILES string of the molecule is COCCN(C[C@H]1C[C@@H]1C)c1cc(-c2nnc([C@](C)(N)Cc3cccc(Cl)c3)o2)c(Cl)c(N(C)S(C)(=O)=O)n1. The fourth-order valence-corrected chi connectivity index (χ4v) is 5.35. The van der Waals surface area contributed by atoms with Crippen LogP contribution < -0.4 is 14.9 Å². The lowest BCUT2D eigenvalue weighted by atomic mass is 9.94. The van der Waals surface area contributed by atoms with E-state index in [4.69, 9.17) is 38.1 Å². The van der Waals surface area contributed by atoms with Crippen LogP contribution in [-0.2, 0) is 26.7 Å². The normalized spacial score (nSPS) is 18.6. The van der Waals surface area contributed by atoms with Crippen LogP contribution in [0.3, 0.4) is 0 Å². The van der Waals surface area contributed by atoms with Crippen LogP contribution in [0.4, 0.5) is 11.6 Å². The number of methoxy groups -OCH3 is 1. The number of hydrogen-bond acceptors (Lipinski definition) is 9. The van der Waals surface area contributed by atoms with Gasteiger partial charge in [-0.1, -0.05) is 42.3 Å². The molecule has 0 amide bonds. The maximum absolute atomic E-state index is 12.5. The molecule has 3 aromatic rings. The van der Waals surface area contributed by atoms with E-state index in [2.05, 4.69) is 27.0 Å². The molecule has 1 aliphatic carbocycles. The Morgan fingerprint density at radius 2 is 1.97 bits per heavy atom. The fraction of sp³-hybridized carbons (Fsp3) is 0.500. The van der Waals surface area contributed by atoms with Crippen LogP contribution in [0.2, 0.25) is 10.0 Å². The van der Waals surface area contributed by atoms with E-state index in [1.54, 1.807) is 26.2 Å². The smallest absolute Gasteiger partial charge is 0.249 e. The van der Waals surface area contributed by atoms with Gasteiger partial charge in [-0.15, -0.1) is 10.2 Å². The third kappa shape index (κ3) is 7.01. The summed E-state index contributed by atoms with van der Waals surface area (Å²) in [6, 6.07) is 9.13. The van der Waals surface area contributed by atoms with Gasteiger partial charge in [0.05, 0.1) is 29.0 Å². The van der Waals surface area contributed by atoms with Gasteiger partial charge >= 0.3 is 0 Å². The van der Waals surface area contributed by atoms with Gasteiger partial charge in [-0.3, -0.25) is 4.31 Å². The van der Waals surface area contributed by atoms with Crippen molar-refractivity contribution in [3.63, 3.8) is 0 Å². The molecular formula is C26H34Cl2N6O4S. The molecule has 1 fully saturated rings. The number of nitrogens with two attached hydrogens (primary N) is 1. The second-order valence-corrected chi connectivity index (χ2v) is 13.3. The van der Waals surface area contributed by atoms with Crippen molar-refractivity contribution >= 4 is 44.9 Å². The maximum Gasteiger partial charge on any atom is 0.249 e. The molecule has 2 N–H and O–H groups in total. The van der Waals surface area contributed by atoms with Gasteiger partial charge in [0.25, 0.3) is 0 Å². The molecule has 0 saturated heterocycles. The minimum absolute atomic E-state index is 0.0621. The van der Waals surface area contributed by atoms with E-state index in [-0.39, 0.29) is 22.6 Å². The number of ether oxygens (including phenoxy) is 1. The largest absolute Gasteiger partial charge is 0.419 e. The Morgan fingerprint density at radius 3 is 2.59 bits per heavy atom. The molecule has 0 unspecified atom stereocenters. The average molecular weight is 598 g/mol. The van der Waals surface area contributed by atoms with E-state index in [1.165, 1.54) is 7.05 Å². The minimum Gasteiger partial charge on any atom is -0.419 e. The molecule has 0 aliphatic heterocycles. The second-order valence-electron chi connectivity index (χ2n) is 10.4. The predicted octanol–water partition coefficient (Wildman–Crippen LogP) is 4.36. The predicted molar refractivity (Wildman–Crippen MR) is 154 cm³/mol. The Morgan fingerprint density at radius 1 is 1.26 bits per heavy atom. The Labute approximate surface area is 239 Å². The summed E-state index contributed by atoms with van der Waals surface area (Å²) >= 11 is 12.9. The van der Waals surface area contributed by atoms with Crippen molar-refractivity contribution < 1.29 is 17.6 Å². The second kappa shape index (κ2) is 11.6. The lowest BCUT2D eigenvalue weighted by Crippen LogP contribution is -2.35. The summed E-state index contributed by atoms with van der Waals surface area (Å²) < 4.78 is 37.4. The molecule has 0 bridgehead atoms. The van der Waals surface area contributed by atoms with Gasteiger partial charge in [-0.2, -0.15) is 0 Å². The van der Waals surface area contributed by atoms with E-state index in [0.717, 1.165) is 29.1 Å². The number of anilines is 2. The molecule has 39 heavy (non-hydrogen) atoms. The summed E-state index contributed by atoms with van der Waals surface area (Å²) in [5.74, 6) is 2.03. The number of aromatic nitrogens is 3. The van der Waals surface area contributed by atoms with E-state index in [9.17, 15) is 8.42 Å². The van der Waals surface area contributed by atoms with Gasteiger partial charge in [-0.25, -0.2) is 13.4 Å². The molecular weight excluding hydrogens is 563 g/mol. The van der Waals surface area contributed by atoms with E-state index in [1.807, 2.05) is 18.2 Å². The van der Waals surface area contributed by atoms with E-state index < -0.39 is 15.6 Å². The van der Waals surface area contributed by atoms with E-state index >= 15 is 0 Å². The molecule has 4 rings (SSSR count). The van der Waals surface area contributed by atoms with Crippen molar-refractivity contribution in [1.29, 1.82) is 0 Å². The Balaban J connectivity index is 1.76. The topological polar surface area (TPSA) is 128 Å². The Hall–Kier alpha value is -2.44. The average Bonchev–Trinajstić information content (AvgIpc) is 3.32. The van der Waals surface area contributed by atoms with Gasteiger partial charge in [0.15, 0.2) is 5.82 Å². The van der Waals surface area contributed by atoms with Crippen LogP contribution in [0.1, 0.15) is 31.7 Å². The Kier molecular flexibility index (Phi) is 8.77. The summed E-state index contributed by atoms with van der Waals surface area (Å²) in [4.78, 5) is 6.73. The van der Waals surface area contributed by atoms with Crippen molar-refractivity contribution in [3.8, 4) is 11.5 Å². The van der Waals surface area contributed by atoms with Crippen LogP contribution >= 0.6 is 23.2 Å². The van der Waals surface area contributed by atoms with Gasteiger partial charge in [0, 0.05) is 32.3 Å². The van der Waals surface area contributed by atoms with Crippen LogP contribution in [0, 0.1) is 11.8 Å². The van der Waals surface area contributed by atoms with Gasteiger partial charge < -0.3 is 19.8 Å². The van der Waals surface area contributed by atoms with Crippen molar-refractivity contribution in [3.05, 3.63) is 51.8 Å². The number of nitrogens with zero attached hydrogens (tertiary/aromatic N) is 5. The first kappa shape index (κ1) is 29.5. The molecule has 2 aromatic heterocycles. The summed E-state index contributed by atoms with van der Waals surface area (Å²) in [6.45, 7) is 5.77. The van der Waals surface area contributed by atoms with Crippen LogP contribution in [0.15, 0.2) is 34.7 Å². The quantitative estimate of drug-likeness (QED) is 0.324. The summed E-state index contributed by atoms with van der Waals surface area (Å²) in [7, 11) is -0.629. The highest BCUT2D eigenvalue weighted by Gasteiger charge is 2.35. The molecule has 2 heterocycles.